The molecular formula is C6H12N2. The maximum atomic E-state index is 5.30. The van der Waals surface area contributed by atoms with Gasteiger partial charge < -0.3 is 5.73 Å². The highest BCUT2D eigenvalue weighted by molar-refractivity contribution is 5.71. The highest BCUT2D eigenvalue weighted by atomic mass is 14.7. The molecule has 0 aliphatic heterocycles. The van der Waals surface area contributed by atoms with Gasteiger partial charge >= 0.3 is 0 Å². The Kier molecular flexibility index (Phi) is 3.94. The standard InChI is InChI=1S/C6H12N2/c1-3-8-5-4-6(2)7/h4-5H,3,7H2,1-2H3/b6-4+,8-5-. The van der Waals surface area contributed by atoms with Crippen LogP contribution >= 0.6 is 0 Å². The predicted molar refractivity (Wildman–Crippen MR) is 37.0 cm³/mol. The van der Waals surface area contributed by atoms with E-state index in [1.807, 2.05) is 13.8 Å². The minimum Gasteiger partial charge on any atom is -0.402 e. The van der Waals surface area contributed by atoms with Crippen molar-refractivity contribution in [3.05, 3.63) is 11.8 Å². The van der Waals surface area contributed by atoms with Crippen LogP contribution in [0.3, 0.4) is 0 Å². The van der Waals surface area contributed by atoms with Crippen molar-refractivity contribution < 1.29 is 0 Å². The quantitative estimate of drug-likeness (QED) is 0.530. The molecule has 0 aromatic rings. The van der Waals surface area contributed by atoms with E-state index in [-0.39, 0.29) is 0 Å². The van der Waals surface area contributed by atoms with Gasteiger partial charge in [0.05, 0.1) is 0 Å². The lowest BCUT2D eigenvalue weighted by Gasteiger charge is -1.81. The fourth-order valence-electron chi connectivity index (χ4n) is 0.276. The first-order chi connectivity index (χ1) is 3.77. The molecule has 46 valence electrons. The summed E-state index contributed by atoms with van der Waals surface area (Å²) < 4.78 is 0. The van der Waals surface area contributed by atoms with E-state index in [9.17, 15) is 0 Å². The molecule has 0 heterocycles. The van der Waals surface area contributed by atoms with Gasteiger partial charge in [0, 0.05) is 18.5 Å². The molecule has 2 heteroatoms. The fourth-order valence-corrected chi connectivity index (χ4v) is 0.276. The van der Waals surface area contributed by atoms with Crippen LogP contribution in [-0.2, 0) is 0 Å². The summed E-state index contributed by atoms with van der Waals surface area (Å²) in [6.07, 6.45) is 3.50. The number of hydrogen-bond donors (Lipinski definition) is 1. The Labute approximate surface area is 50.1 Å². The summed E-state index contributed by atoms with van der Waals surface area (Å²) in [6.45, 7) is 4.64. The molecule has 0 rings (SSSR count). The Morgan fingerprint density at radius 1 is 1.75 bits per heavy atom. The van der Waals surface area contributed by atoms with Crippen molar-refractivity contribution in [1.82, 2.24) is 0 Å². The Hall–Kier alpha value is -0.790. The van der Waals surface area contributed by atoms with Crippen LogP contribution in [0.25, 0.3) is 0 Å². The molecule has 0 radical (unpaired) electrons. The number of allylic oxidation sites excluding steroid dienone is 2. The van der Waals surface area contributed by atoms with Gasteiger partial charge in [-0.25, -0.2) is 0 Å². The molecule has 0 saturated carbocycles. The minimum atomic E-state index is 0.794. The zero-order valence-electron chi connectivity index (χ0n) is 5.39. The summed E-state index contributed by atoms with van der Waals surface area (Å²) in [5, 5.41) is 0. The molecule has 0 amide bonds. The molecule has 0 aromatic carbocycles. The van der Waals surface area contributed by atoms with Crippen molar-refractivity contribution in [2.75, 3.05) is 6.54 Å². The maximum Gasteiger partial charge on any atom is 0.0360 e. The van der Waals surface area contributed by atoms with Gasteiger partial charge in [-0.05, 0) is 19.9 Å². The fraction of sp³-hybridized carbons (Fsp3) is 0.500. The van der Waals surface area contributed by atoms with Crippen LogP contribution in [0.1, 0.15) is 13.8 Å². The average molecular weight is 112 g/mol. The van der Waals surface area contributed by atoms with Gasteiger partial charge in [0.25, 0.3) is 0 Å². The van der Waals surface area contributed by atoms with E-state index in [0.29, 0.717) is 0 Å². The smallest absolute Gasteiger partial charge is 0.0360 e. The summed E-state index contributed by atoms with van der Waals surface area (Å²) in [7, 11) is 0. The number of hydrogen-bond acceptors (Lipinski definition) is 2. The van der Waals surface area contributed by atoms with Crippen molar-refractivity contribution >= 4 is 6.21 Å². The van der Waals surface area contributed by atoms with Crippen molar-refractivity contribution in [2.24, 2.45) is 10.7 Å². The molecule has 0 spiro atoms. The second-order valence-corrected chi connectivity index (χ2v) is 1.56. The van der Waals surface area contributed by atoms with Crippen molar-refractivity contribution in [2.45, 2.75) is 13.8 Å². The molecule has 2 N–H and O–H groups in total. The van der Waals surface area contributed by atoms with E-state index in [1.165, 1.54) is 0 Å². The summed E-state index contributed by atoms with van der Waals surface area (Å²) in [6, 6.07) is 0. The zero-order valence-corrected chi connectivity index (χ0v) is 5.39. The van der Waals surface area contributed by atoms with Crippen molar-refractivity contribution in [3.8, 4) is 0 Å². The number of nitrogens with zero attached hydrogens (tertiary/aromatic N) is 1. The maximum absolute atomic E-state index is 5.30. The van der Waals surface area contributed by atoms with Crippen LogP contribution in [0.4, 0.5) is 0 Å². The SMILES string of the molecule is CC/N=C\C=C(/C)N. The highest BCUT2D eigenvalue weighted by Gasteiger charge is 1.68. The normalized spacial score (nSPS) is 13.0. The minimum absolute atomic E-state index is 0.794. The lowest BCUT2D eigenvalue weighted by Crippen LogP contribution is -1.89. The van der Waals surface area contributed by atoms with E-state index in [1.54, 1.807) is 12.3 Å². The van der Waals surface area contributed by atoms with Gasteiger partial charge in [0.1, 0.15) is 0 Å². The third kappa shape index (κ3) is 5.21. The van der Waals surface area contributed by atoms with Crippen LogP contribution in [0.2, 0.25) is 0 Å². The van der Waals surface area contributed by atoms with Crippen LogP contribution < -0.4 is 5.73 Å². The lowest BCUT2D eigenvalue weighted by atomic mass is 10.5. The molecule has 0 saturated heterocycles. The third-order valence-electron chi connectivity index (χ3n) is 0.625. The first-order valence-corrected chi connectivity index (χ1v) is 2.69. The Morgan fingerprint density at radius 3 is 2.75 bits per heavy atom. The van der Waals surface area contributed by atoms with E-state index in [0.717, 1.165) is 12.2 Å². The number of rotatable bonds is 2. The summed E-state index contributed by atoms with van der Waals surface area (Å²) in [5.41, 5.74) is 6.10. The molecule has 0 atom stereocenters. The first kappa shape index (κ1) is 7.21. The lowest BCUT2D eigenvalue weighted by molar-refractivity contribution is 1.14. The summed E-state index contributed by atoms with van der Waals surface area (Å²) in [5.74, 6) is 0. The second kappa shape index (κ2) is 4.37. The topological polar surface area (TPSA) is 38.4 Å². The van der Waals surface area contributed by atoms with Crippen LogP contribution in [0.15, 0.2) is 16.8 Å². The number of aliphatic imine (C=N–C) groups is 1. The van der Waals surface area contributed by atoms with E-state index in [4.69, 9.17) is 5.73 Å². The summed E-state index contributed by atoms with van der Waals surface area (Å²) in [4.78, 5) is 3.93. The van der Waals surface area contributed by atoms with Crippen molar-refractivity contribution in [3.63, 3.8) is 0 Å². The Bertz CT molecular complexity index is 99.1. The van der Waals surface area contributed by atoms with Crippen LogP contribution in [0.5, 0.6) is 0 Å². The van der Waals surface area contributed by atoms with Gasteiger partial charge in [-0.15, -0.1) is 0 Å². The third-order valence-corrected chi connectivity index (χ3v) is 0.625. The molecule has 0 aliphatic carbocycles. The summed E-state index contributed by atoms with van der Waals surface area (Å²) >= 11 is 0. The van der Waals surface area contributed by atoms with Gasteiger partial charge in [0.15, 0.2) is 0 Å². The van der Waals surface area contributed by atoms with Crippen LogP contribution in [-0.4, -0.2) is 12.8 Å². The Balaban J connectivity index is 3.42. The molecular weight excluding hydrogens is 100 g/mol. The average Bonchev–Trinajstić information content (AvgIpc) is 1.66. The predicted octanol–water partition coefficient (Wildman–Crippen LogP) is 0.940. The second-order valence-electron chi connectivity index (χ2n) is 1.56. The molecule has 2 nitrogen and oxygen atoms in total. The zero-order chi connectivity index (χ0) is 6.41. The van der Waals surface area contributed by atoms with Gasteiger partial charge in [-0.3, -0.25) is 4.99 Å². The van der Waals surface area contributed by atoms with Gasteiger partial charge in [0.2, 0.25) is 0 Å². The van der Waals surface area contributed by atoms with Gasteiger partial charge in [-0.2, -0.15) is 0 Å². The van der Waals surface area contributed by atoms with E-state index in [2.05, 4.69) is 4.99 Å². The van der Waals surface area contributed by atoms with E-state index < -0.39 is 0 Å². The van der Waals surface area contributed by atoms with Crippen LogP contribution in [0, 0.1) is 0 Å². The first-order valence-electron chi connectivity index (χ1n) is 2.69. The highest BCUT2D eigenvalue weighted by Crippen LogP contribution is 1.74. The Morgan fingerprint density at radius 2 is 2.38 bits per heavy atom. The molecule has 0 aliphatic rings. The molecule has 0 unspecified atom stereocenters. The molecule has 0 aromatic heterocycles. The molecule has 0 fully saturated rings. The number of nitrogens with two attached hydrogens (primary N) is 1. The molecule has 0 bridgehead atoms. The largest absolute Gasteiger partial charge is 0.402 e. The van der Waals surface area contributed by atoms with Gasteiger partial charge in [-0.1, -0.05) is 0 Å². The van der Waals surface area contributed by atoms with Crippen molar-refractivity contribution in [1.29, 1.82) is 0 Å². The van der Waals surface area contributed by atoms with E-state index >= 15 is 0 Å². The molecule has 8 heavy (non-hydrogen) atoms. The monoisotopic (exact) mass is 112 g/mol.